The zero-order valence-corrected chi connectivity index (χ0v) is 18.6. The van der Waals surface area contributed by atoms with Crippen LogP contribution in [-0.2, 0) is 14.4 Å². The lowest BCUT2D eigenvalue weighted by molar-refractivity contribution is -0.123. The number of carbonyl (C=O) groups excluding carboxylic acids is 4. The third kappa shape index (κ3) is 5.12. The Morgan fingerprint density at radius 2 is 1.72 bits per heavy atom. The van der Waals surface area contributed by atoms with Gasteiger partial charge in [-0.1, -0.05) is 11.8 Å². The van der Waals surface area contributed by atoms with Gasteiger partial charge in [-0.15, -0.1) is 0 Å². The van der Waals surface area contributed by atoms with Crippen LogP contribution in [0.5, 0.6) is 0 Å². The molecule has 0 aliphatic carbocycles. The second-order valence-electron chi connectivity index (χ2n) is 8.33. The molecule has 4 amide bonds. The van der Waals surface area contributed by atoms with E-state index in [1.54, 1.807) is 29.2 Å². The number of nitrogens with two attached hydrogens (primary N) is 1. The fourth-order valence-corrected chi connectivity index (χ4v) is 5.30. The second kappa shape index (κ2) is 9.72. The van der Waals surface area contributed by atoms with Crippen molar-refractivity contribution in [3.63, 3.8) is 0 Å². The van der Waals surface area contributed by atoms with Crippen molar-refractivity contribution in [3.8, 4) is 0 Å². The maximum absolute atomic E-state index is 12.7. The molecule has 3 aliphatic rings. The monoisotopic (exact) mass is 457 g/mol. The van der Waals surface area contributed by atoms with Crippen molar-refractivity contribution in [3.05, 3.63) is 29.8 Å². The van der Waals surface area contributed by atoms with E-state index in [9.17, 15) is 19.2 Å². The molecule has 3 N–H and O–H groups in total. The molecular weight excluding hydrogens is 430 g/mol. The summed E-state index contributed by atoms with van der Waals surface area (Å²) < 4.78 is 0. The number of nitrogens with zero attached hydrogens (tertiary/aromatic N) is 3. The van der Waals surface area contributed by atoms with Crippen LogP contribution in [0, 0.1) is 5.92 Å². The topological polar surface area (TPSA) is 125 Å². The SMILES string of the molecule is NC(=O)C1CCN(C(=O)c2ccc(NC(=O)C[C@H]3SC(N4CCCC4)=NC3=O)cc2)CC1. The van der Waals surface area contributed by atoms with E-state index < -0.39 is 5.25 Å². The molecule has 0 saturated carbocycles. The van der Waals surface area contributed by atoms with Crippen LogP contribution in [0.25, 0.3) is 0 Å². The number of primary amides is 1. The Hall–Kier alpha value is -2.88. The van der Waals surface area contributed by atoms with Crippen LogP contribution in [0.1, 0.15) is 42.5 Å². The number of aliphatic imine (C=N–C) groups is 1. The van der Waals surface area contributed by atoms with E-state index in [0.717, 1.165) is 31.1 Å². The minimum atomic E-state index is -0.491. The number of piperidine rings is 1. The Bertz CT molecular complexity index is 934. The molecule has 2 saturated heterocycles. The average molecular weight is 458 g/mol. The van der Waals surface area contributed by atoms with E-state index in [1.165, 1.54) is 11.8 Å². The summed E-state index contributed by atoms with van der Waals surface area (Å²) in [4.78, 5) is 56.5. The highest BCUT2D eigenvalue weighted by atomic mass is 32.2. The number of thioether (sulfide) groups is 1. The molecule has 0 spiro atoms. The van der Waals surface area contributed by atoms with E-state index in [1.807, 2.05) is 0 Å². The summed E-state index contributed by atoms with van der Waals surface area (Å²) >= 11 is 1.37. The van der Waals surface area contributed by atoms with E-state index >= 15 is 0 Å². The van der Waals surface area contributed by atoms with Gasteiger partial charge in [0.2, 0.25) is 11.8 Å². The Balaban J connectivity index is 1.26. The number of amides is 4. The number of hydrogen-bond donors (Lipinski definition) is 2. The maximum Gasteiger partial charge on any atom is 0.262 e. The molecule has 0 bridgehead atoms. The molecule has 3 heterocycles. The van der Waals surface area contributed by atoms with Crippen molar-refractivity contribution in [1.82, 2.24) is 9.80 Å². The fraction of sp³-hybridized carbons (Fsp3) is 0.500. The van der Waals surface area contributed by atoms with Gasteiger partial charge in [0.05, 0.1) is 0 Å². The summed E-state index contributed by atoms with van der Waals surface area (Å²) in [5.41, 5.74) is 6.43. The summed E-state index contributed by atoms with van der Waals surface area (Å²) in [6, 6.07) is 6.69. The number of nitrogens with one attached hydrogen (secondary N) is 1. The van der Waals surface area contributed by atoms with E-state index in [-0.39, 0.29) is 36.0 Å². The van der Waals surface area contributed by atoms with Crippen LogP contribution < -0.4 is 11.1 Å². The number of benzene rings is 1. The van der Waals surface area contributed by atoms with Gasteiger partial charge < -0.3 is 20.9 Å². The van der Waals surface area contributed by atoms with Crippen LogP contribution in [0.15, 0.2) is 29.3 Å². The number of carbonyl (C=O) groups is 4. The van der Waals surface area contributed by atoms with Crippen molar-refractivity contribution in [2.75, 3.05) is 31.5 Å². The molecule has 2 fully saturated rings. The summed E-state index contributed by atoms with van der Waals surface area (Å²) in [6.07, 6.45) is 3.42. The Kier molecular flexibility index (Phi) is 6.78. The summed E-state index contributed by atoms with van der Waals surface area (Å²) in [6.45, 7) is 2.82. The highest BCUT2D eigenvalue weighted by molar-refractivity contribution is 8.15. The van der Waals surface area contributed by atoms with Crippen molar-refractivity contribution in [2.45, 2.75) is 37.4 Å². The van der Waals surface area contributed by atoms with Crippen molar-refractivity contribution in [2.24, 2.45) is 16.6 Å². The normalized spacial score (nSPS) is 21.6. The van der Waals surface area contributed by atoms with Gasteiger partial charge in [0.25, 0.3) is 11.8 Å². The minimum Gasteiger partial charge on any atom is -0.369 e. The predicted octanol–water partition coefficient (Wildman–Crippen LogP) is 1.45. The van der Waals surface area contributed by atoms with Crippen LogP contribution >= 0.6 is 11.8 Å². The molecule has 1 atom stereocenters. The Labute approximate surface area is 190 Å². The van der Waals surface area contributed by atoms with Gasteiger partial charge in [-0.25, -0.2) is 0 Å². The number of anilines is 1. The smallest absolute Gasteiger partial charge is 0.262 e. The predicted molar refractivity (Wildman–Crippen MR) is 122 cm³/mol. The molecule has 9 nitrogen and oxygen atoms in total. The van der Waals surface area contributed by atoms with Gasteiger partial charge in [0.15, 0.2) is 5.17 Å². The van der Waals surface area contributed by atoms with E-state index in [4.69, 9.17) is 5.73 Å². The molecule has 4 rings (SSSR count). The van der Waals surface area contributed by atoms with Crippen molar-refractivity contribution < 1.29 is 19.2 Å². The molecule has 10 heteroatoms. The van der Waals surface area contributed by atoms with E-state index in [0.29, 0.717) is 37.2 Å². The second-order valence-corrected chi connectivity index (χ2v) is 9.50. The van der Waals surface area contributed by atoms with Crippen LogP contribution in [0.2, 0.25) is 0 Å². The summed E-state index contributed by atoms with van der Waals surface area (Å²) in [5.74, 6) is -1.10. The van der Waals surface area contributed by atoms with Gasteiger partial charge in [0, 0.05) is 49.8 Å². The first-order valence-corrected chi connectivity index (χ1v) is 11.8. The lowest BCUT2D eigenvalue weighted by atomic mass is 9.96. The first kappa shape index (κ1) is 22.3. The first-order chi connectivity index (χ1) is 15.4. The molecule has 1 aromatic rings. The van der Waals surface area contributed by atoms with Gasteiger partial charge in [-0.05, 0) is 49.9 Å². The lowest BCUT2D eigenvalue weighted by Crippen LogP contribution is -2.41. The number of hydrogen-bond acceptors (Lipinski definition) is 6. The molecule has 170 valence electrons. The van der Waals surface area contributed by atoms with Gasteiger partial charge in [0.1, 0.15) is 5.25 Å². The lowest BCUT2D eigenvalue weighted by Gasteiger charge is -2.30. The largest absolute Gasteiger partial charge is 0.369 e. The summed E-state index contributed by atoms with van der Waals surface area (Å²) in [5, 5.41) is 3.03. The van der Waals surface area contributed by atoms with Crippen LogP contribution in [-0.4, -0.2) is 70.0 Å². The molecular formula is C22H27N5O4S. The van der Waals surface area contributed by atoms with Gasteiger partial charge >= 0.3 is 0 Å². The highest BCUT2D eigenvalue weighted by Crippen LogP contribution is 2.29. The maximum atomic E-state index is 12.7. The van der Waals surface area contributed by atoms with Crippen LogP contribution in [0.4, 0.5) is 5.69 Å². The zero-order valence-electron chi connectivity index (χ0n) is 17.8. The third-order valence-electron chi connectivity index (χ3n) is 6.08. The van der Waals surface area contributed by atoms with Crippen molar-refractivity contribution >= 4 is 46.2 Å². The quantitative estimate of drug-likeness (QED) is 0.689. The van der Waals surface area contributed by atoms with Gasteiger partial charge in [-0.3, -0.25) is 19.2 Å². The average Bonchev–Trinajstić information content (AvgIpc) is 3.44. The molecule has 0 radical (unpaired) electrons. The van der Waals surface area contributed by atoms with Crippen LogP contribution in [0.3, 0.4) is 0 Å². The molecule has 1 aromatic carbocycles. The minimum absolute atomic E-state index is 0.0554. The highest BCUT2D eigenvalue weighted by Gasteiger charge is 2.34. The zero-order chi connectivity index (χ0) is 22.7. The number of amidine groups is 1. The Morgan fingerprint density at radius 3 is 2.34 bits per heavy atom. The third-order valence-corrected chi connectivity index (χ3v) is 7.29. The molecule has 32 heavy (non-hydrogen) atoms. The fourth-order valence-electron chi connectivity index (χ4n) is 4.18. The molecule has 0 aromatic heterocycles. The number of rotatable bonds is 5. The Morgan fingerprint density at radius 1 is 1.06 bits per heavy atom. The first-order valence-electron chi connectivity index (χ1n) is 10.9. The molecule has 3 aliphatic heterocycles. The van der Waals surface area contributed by atoms with Crippen molar-refractivity contribution in [1.29, 1.82) is 0 Å². The summed E-state index contributed by atoms with van der Waals surface area (Å²) in [7, 11) is 0. The van der Waals surface area contributed by atoms with E-state index in [2.05, 4.69) is 15.2 Å². The standard InChI is InChI=1S/C22H27N5O4S/c23-19(29)14-7-11-26(12-8-14)21(31)15-3-5-16(6-4-15)24-18(28)13-17-20(30)25-22(32-17)27-9-1-2-10-27/h3-6,14,17H,1-2,7-13H2,(H2,23,29)(H,24,28)/t17-/m1/s1. The molecule has 0 unspecified atom stereocenters. The number of likely N-dealkylation sites (tertiary alicyclic amines) is 2. The van der Waals surface area contributed by atoms with Gasteiger partial charge in [-0.2, -0.15) is 4.99 Å².